The molecule has 6 heteroatoms. The molecule has 0 bridgehead atoms. The maximum atomic E-state index is 11.8. The van der Waals surface area contributed by atoms with Crippen LogP contribution in [0.4, 0.5) is 0 Å². The van der Waals surface area contributed by atoms with Gasteiger partial charge in [0.25, 0.3) is 5.91 Å². The smallest absolute Gasteiger partial charge is 0.251 e. The number of benzene rings is 1. The van der Waals surface area contributed by atoms with Gasteiger partial charge in [0.2, 0.25) is 5.91 Å². The molecule has 112 valence electrons. The van der Waals surface area contributed by atoms with E-state index in [2.05, 4.69) is 17.2 Å². The predicted molar refractivity (Wildman–Crippen MR) is 77.4 cm³/mol. The second kappa shape index (κ2) is 9.53. The molecule has 0 saturated carbocycles. The molecule has 1 aromatic carbocycles. The SMILES string of the molecule is NC(=O)COCCNC(=O)c1ccc(C#CCCO)cc1. The number of aliphatic hydroxyl groups is 1. The molecule has 21 heavy (non-hydrogen) atoms. The van der Waals surface area contributed by atoms with Gasteiger partial charge in [0.15, 0.2) is 0 Å². The van der Waals surface area contributed by atoms with Gasteiger partial charge in [0.05, 0.1) is 13.2 Å². The van der Waals surface area contributed by atoms with Crippen molar-refractivity contribution in [2.24, 2.45) is 5.73 Å². The fourth-order valence-corrected chi connectivity index (χ4v) is 1.44. The molecule has 0 spiro atoms. The van der Waals surface area contributed by atoms with Crippen molar-refractivity contribution < 1.29 is 19.4 Å². The zero-order chi connectivity index (χ0) is 15.5. The van der Waals surface area contributed by atoms with Crippen LogP contribution in [0.25, 0.3) is 0 Å². The number of primary amides is 1. The minimum absolute atomic E-state index is 0.0330. The van der Waals surface area contributed by atoms with Crippen LogP contribution in [0.3, 0.4) is 0 Å². The van der Waals surface area contributed by atoms with Gasteiger partial charge >= 0.3 is 0 Å². The van der Waals surface area contributed by atoms with Crippen molar-refractivity contribution in [1.29, 1.82) is 0 Å². The molecule has 0 unspecified atom stereocenters. The Balaban J connectivity index is 2.38. The number of hydrogen-bond donors (Lipinski definition) is 3. The lowest BCUT2D eigenvalue weighted by Gasteiger charge is -2.05. The molecule has 0 radical (unpaired) electrons. The quantitative estimate of drug-likeness (QED) is 0.472. The fraction of sp³-hybridized carbons (Fsp3) is 0.333. The van der Waals surface area contributed by atoms with Gasteiger partial charge in [0.1, 0.15) is 6.61 Å². The highest BCUT2D eigenvalue weighted by atomic mass is 16.5. The van der Waals surface area contributed by atoms with E-state index >= 15 is 0 Å². The molecule has 1 rings (SSSR count). The molecule has 0 heterocycles. The van der Waals surface area contributed by atoms with Crippen LogP contribution in [0.15, 0.2) is 24.3 Å². The summed E-state index contributed by atoms with van der Waals surface area (Å²) in [5.74, 6) is 4.91. The van der Waals surface area contributed by atoms with Crippen molar-refractivity contribution in [3.05, 3.63) is 35.4 Å². The van der Waals surface area contributed by atoms with E-state index in [1.54, 1.807) is 24.3 Å². The van der Waals surface area contributed by atoms with Crippen LogP contribution >= 0.6 is 0 Å². The number of ether oxygens (including phenoxy) is 1. The van der Waals surface area contributed by atoms with Gasteiger partial charge in [-0.25, -0.2) is 0 Å². The minimum atomic E-state index is -0.542. The van der Waals surface area contributed by atoms with Gasteiger partial charge in [-0.2, -0.15) is 0 Å². The number of nitrogens with one attached hydrogen (secondary N) is 1. The van der Waals surface area contributed by atoms with Crippen molar-refractivity contribution in [3.8, 4) is 11.8 Å². The molecule has 4 N–H and O–H groups in total. The van der Waals surface area contributed by atoms with Crippen LogP contribution in [0.5, 0.6) is 0 Å². The largest absolute Gasteiger partial charge is 0.395 e. The first kappa shape index (κ1) is 16.7. The van der Waals surface area contributed by atoms with E-state index in [1.165, 1.54) is 0 Å². The number of carbonyl (C=O) groups is 2. The van der Waals surface area contributed by atoms with E-state index in [0.29, 0.717) is 18.5 Å². The Hall–Kier alpha value is -2.36. The average molecular weight is 290 g/mol. The van der Waals surface area contributed by atoms with E-state index < -0.39 is 5.91 Å². The van der Waals surface area contributed by atoms with Gasteiger partial charge in [-0.3, -0.25) is 9.59 Å². The number of carbonyl (C=O) groups excluding carboxylic acids is 2. The Bertz CT molecular complexity index is 529. The summed E-state index contributed by atoms with van der Waals surface area (Å²) in [5.41, 5.74) is 6.20. The Morgan fingerprint density at radius 2 is 2.00 bits per heavy atom. The molecule has 0 aliphatic heterocycles. The Morgan fingerprint density at radius 1 is 1.29 bits per heavy atom. The standard InChI is InChI=1S/C15H18N2O4/c16-14(19)11-21-10-8-17-15(20)13-6-4-12(5-7-13)3-1-2-9-18/h4-7,18H,2,8-11H2,(H2,16,19)(H,17,20). The summed E-state index contributed by atoms with van der Waals surface area (Å²) in [6.07, 6.45) is 0.424. The topological polar surface area (TPSA) is 102 Å². The van der Waals surface area contributed by atoms with Gasteiger partial charge in [-0.1, -0.05) is 11.8 Å². The average Bonchev–Trinajstić information content (AvgIpc) is 2.47. The third kappa shape index (κ3) is 7.11. The lowest BCUT2D eigenvalue weighted by molar-refractivity contribution is -0.122. The number of hydrogen-bond acceptors (Lipinski definition) is 4. The third-order valence-corrected chi connectivity index (χ3v) is 2.39. The summed E-state index contributed by atoms with van der Waals surface area (Å²) in [6, 6.07) is 6.82. The molecule has 6 nitrogen and oxygen atoms in total. The van der Waals surface area contributed by atoms with Gasteiger partial charge in [-0.15, -0.1) is 0 Å². The van der Waals surface area contributed by atoms with Gasteiger partial charge in [-0.05, 0) is 24.3 Å². The third-order valence-electron chi connectivity index (χ3n) is 2.39. The Kier molecular flexibility index (Phi) is 7.58. The van der Waals surface area contributed by atoms with E-state index in [1.807, 2.05) is 0 Å². The number of amides is 2. The summed E-state index contributed by atoms with van der Waals surface area (Å²) in [6.45, 7) is 0.395. The summed E-state index contributed by atoms with van der Waals surface area (Å²) in [5, 5.41) is 11.3. The molecule has 0 atom stereocenters. The van der Waals surface area contributed by atoms with Crippen LogP contribution in [0.1, 0.15) is 22.3 Å². The van der Waals surface area contributed by atoms with Crippen molar-refractivity contribution in [3.63, 3.8) is 0 Å². The summed E-state index contributed by atoms with van der Waals surface area (Å²) in [7, 11) is 0. The zero-order valence-corrected chi connectivity index (χ0v) is 11.6. The summed E-state index contributed by atoms with van der Waals surface area (Å²) >= 11 is 0. The van der Waals surface area contributed by atoms with Crippen LogP contribution in [-0.2, 0) is 9.53 Å². The highest BCUT2D eigenvalue weighted by Crippen LogP contribution is 2.03. The van der Waals surface area contributed by atoms with Gasteiger partial charge < -0.3 is 20.9 Å². The summed E-state index contributed by atoms with van der Waals surface area (Å²) < 4.78 is 4.93. The van der Waals surface area contributed by atoms with Crippen molar-refractivity contribution >= 4 is 11.8 Å². The molecule has 1 aromatic rings. The van der Waals surface area contributed by atoms with Gasteiger partial charge in [0, 0.05) is 24.1 Å². The zero-order valence-electron chi connectivity index (χ0n) is 11.6. The van der Waals surface area contributed by atoms with Crippen molar-refractivity contribution in [2.75, 3.05) is 26.4 Å². The lowest BCUT2D eigenvalue weighted by Crippen LogP contribution is -2.28. The monoisotopic (exact) mass is 290 g/mol. The normalized spacial score (nSPS) is 9.57. The molecule has 0 saturated heterocycles. The predicted octanol–water partition coefficient (Wildman–Crippen LogP) is -0.348. The summed E-state index contributed by atoms with van der Waals surface area (Å²) in [4.78, 5) is 22.2. The number of nitrogens with two attached hydrogens (primary N) is 1. The molecule has 0 fully saturated rings. The minimum Gasteiger partial charge on any atom is -0.395 e. The highest BCUT2D eigenvalue weighted by Gasteiger charge is 2.04. The fourth-order valence-electron chi connectivity index (χ4n) is 1.44. The van der Waals surface area contributed by atoms with Crippen molar-refractivity contribution in [1.82, 2.24) is 5.32 Å². The first-order valence-electron chi connectivity index (χ1n) is 6.47. The highest BCUT2D eigenvalue weighted by molar-refractivity contribution is 5.94. The lowest BCUT2D eigenvalue weighted by atomic mass is 10.1. The van der Waals surface area contributed by atoms with E-state index in [9.17, 15) is 9.59 Å². The first-order chi connectivity index (χ1) is 10.1. The molecule has 0 aliphatic carbocycles. The number of aliphatic hydroxyl groups excluding tert-OH is 1. The molecule has 2 amide bonds. The first-order valence-corrected chi connectivity index (χ1v) is 6.47. The van der Waals surface area contributed by atoms with E-state index in [4.69, 9.17) is 15.6 Å². The van der Waals surface area contributed by atoms with Crippen LogP contribution in [0, 0.1) is 11.8 Å². The maximum Gasteiger partial charge on any atom is 0.251 e. The van der Waals surface area contributed by atoms with E-state index in [0.717, 1.165) is 5.56 Å². The van der Waals surface area contributed by atoms with Crippen LogP contribution in [-0.4, -0.2) is 43.3 Å². The molecule has 0 aromatic heterocycles. The van der Waals surface area contributed by atoms with Crippen LogP contribution in [0.2, 0.25) is 0 Å². The second-order valence-electron chi connectivity index (χ2n) is 4.13. The van der Waals surface area contributed by atoms with E-state index in [-0.39, 0.29) is 25.7 Å². The molecular weight excluding hydrogens is 272 g/mol. The van der Waals surface area contributed by atoms with Crippen molar-refractivity contribution in [2.45, 2.75) is 6.42 Å². The second-order valence-corrected chi connectivity index (χ2v) is 4.13. The molecular formula is C15H18N2O4. The molecule has 0 aliphatic rings. The Morgan fingerprint density at radius 3 is 2.62 bits per heavy atom. The number of rotatable bonds is 7. The Labute approximate surface area is 123 Å². The maximum absolute atomic E-state index is 11.8. The van der Waals surface area contributed by atoms with Crippen LogP contribution < -0.4 is 11.1 Å².